The molecule has 0 atom stereocenters. The Morgan fingerprint density at radius 2 is 1.89 bits per heavy atom. The fourth-order valence-corrected chi connectivity index (χ4v) is 5.10. The molecular formula is C22H23IO3S. The van der Waals surface area contributed by atoms with E-state index in [9.17, 15) is 4.79 Å². The molecule has 0 saturated heterocycles. The predicted octanol–water partition coefficient (Wildman–Crippen LogP) is 6.28. The van der Waals surface area contributed by atoms with Gasteiger partial charge in [-0.05, 0) is 78.4 Å². The molecule has 3 rings (SSSR count). The highest BCUT2D eigenvalue weighted by molar-refractivity contribution is 14.1. The van der Waals surface area contributed by atoms with Crippen molar-refractivity contribution in [1.82, 2.24) is 0 Å². The van der Waals surface area contributed by atoms with Gasteiger partial charge < -0.3 is 9.47 Å². The van der Waals surface area contributed by atoms with Crippen molar-refractivity contribution >= 4 is 50.0 Å². The molecule has 27 heavy (non-hydrogen) atoms. The van der Waals surface area contributed by atoms with E-state index >= 15 is 0 Å². The molecule has 0 aliphatic rings. The number of fused-ring (bicyclic) bond motifs is 1. The topological polar surface area (TPSA) is 35.5 Å². The maximum absolute atomic E-state index is 12.4. The summed E-state index contributed by atoms with van der Waals surface area (Å²) in [4.78, 5) is 12.4. The smallest absolute Gasteiger partial charge is 0.310 e. The summed E-state index contributed by atoms with van der Waals surface area (Å²) in [5.41, 5.74) is 2.78. The lowest BCUT2D eigenvalue weighted by atomic mass is 10.1. The third-order valence-electron chi connectivity index (χ3n) is 4.00. The Kier molecular flexibility index (Phi) is 6.11. The van der Waals surface area contributed by atoms with E-state index in [1.54, 1.807) is 11.3 Å². The molecule has 0 unspecified atom stereocenters. The minimum absolute atomic E-state index is 0.221. The Balaban J connectivity index is 1.93. The van der Waals surface area contributed by atoms with E-state index in [2.05, 4.69) is 34.9 Å². The van der Waals surface area contributed by atoms with Crippen LogP contribution in [0.25, 0.3) is 10.1 Å². The number of rotatable bonds is 5. The van der Waals surface area contributed by atoms with Crippen molar-refractivity contribution in [2.45, 2.75) is 46.3 Å². The van der Waals surface area contributed by atoms with Gasteiger partial charge in [0.25, 0.3) is 0 Å². The molecule has 0 aliphatic carbocycles. The van der Waals surface area contributed by atoms with Gasteiger partial charge in [0, 0.05) is 8.96 Å². The standard InChI is InChI=1S/C22H23IO3S/c1-14-13-27-21-17(25-12-15-8-6-5-7-9-15)10-16(20(23)19(14)21)11-18(24)26-22(2,3)4/h5-10,13H,11-12H2,1-4H3. The van der Waals surface area contributed by atoms with E-state index in [1.165, 1.54) is 10.9 Å². The first-order valence-corrected chi connectivity index (χ1v) is 10.8. The van der Waals surface area contributed by atoms with Gasteiger partial charge in [0.15, 0.2) is 0 Å². The molecule has 0 radical (unpaired) electrons. The van der Waals surface area contributed by atoms with Crippen molar-refractivity contribution in [3.05, 3.63) is 62.0 Å². The first-order valence-electron chi connectivity index (χ1n) is 8.82. The van der Waals surface area contributed by atoms with Gasteiger partial charge in [-0.2, -0.15) is 0 Å². The maximum atomic E-state index is 12.4. The number of esters is 1. The van der Waals surface area contributed by atoms with E-state index in [4.69, 9.17) is 9.47 Å². The molecule has 1 heterocycles. The molecule has 3 aromatic rings. The van der Waals surface area contributed by atoms with E-state index in [-0.39, 0.29) is 12.4 Å². The van der Waals surface area contributed by atoms with Gasteiger partial charge in [0.2, 0.25) is 0 Å². The summed E-state index contributed by atoms with van der Waals surface area (Å²) in [5.74, 6) is 0.604. The normalized spacial score (nSPS) is 11.6. The molecule has 0 aliphatic heterocycles. The van der Waals surface area contributed by atoms with E-state index in [1.807, 2.05) is 57.2 Å². The fraction of sp³-hybridized carbons (Fsp3) is 0.318. The molecule has 5 heteroatoms. The first-order chi connectivity index (χ1) is 12.7. The SMILES string of the molecule is Cc1csc2c(OCc3ccccc3)cc(CC(=O)OC(C)(C)C)c(I)c12. The van der Waals surface area contributed by atoms with Crippen molar-refractivity contribution in [1.29, 1.82) is 0 Å². The molecule has 1 aromatic heterocycles. The third-order valence-corrected chi connectivity index (χ3v) is 6.34. The Hall–Kier alpha value is -1.60. The zero-order chi connectivity index (χ0) is 19.6. The number of carbonyl (C=O) groups is 1. The van der Waals surface area contributed by atoms with Crippen LogP contribution in [0.15, 0.2) is 41.8 Å². The largest absolute Gasteiger partial charge is 0.487 e. The summed E-state index contributed by atoms with van der Waals surface area (Å²) >= 11 is 4.01. The van der Waals surface area contributed by atoms with Crippen LogP contribution >= 0.6 is 33.9 Å². The molecule has 0 fully saturated rings. The van der Waals surface area contributed by atoms with Crippen LogP contribution in [-0.2, 0) is 22.6 Å². The monoisotopic (exact) mass is 494 g/mol. The second-order valence-corrected chi connectivity index (χ2v) is 9.47. The summed E-state index contributed by atoms with van der Waals surface area (Å²) < 4.78 is 13.9. The quantitative estimate of drug-likeness (QED) is 0.310. The van der Waals surface area contributed by atoms with Crippen LogP contribution in [0.2, 0.25) is 0 Å². The predicted molar refractivity (Wildman–Crippen MR) is 120 cm³/mol. The zero-order valence-electron chi connectivity index (χ0n) is 16.0. The number of hydrogen-bond acceptors (Lipinski definition) is 4. The van der Waals surface area contributed by atoms with E-state index in [0.717, 1.165) is 25.1 Å². The number of carbonyl (C=O) groups excluding carboxylic acids is 1. The second-order valence-electron chi connectivity index (χ2n) is 7.51. The molecular weight excluding hydrogens is 471 g/mol. The highest BCUT2D eigenvalue weighted by Crippen LogP contribution is 2.39. The number of hydrogen-bond donors (Lipinski definition) is 0. The number of benzene rings is 2. The van der Waals surface area contributed by atoms with E-state index < -0.39 is 5.60 Å². The Bertz CT molecular complexity index is 955. The lowest BCUT2D eigenvalue weighted by molar-refractivity contribution is -0.153. The van der Waals surface area contributed by atoms with Crippen LogP contribution in [0.3, 0.4) is 0 Å². The van der Waals surface area contributed by atoms with Crippen molar-refractivity contribution in [3.8, 4) is 5.75 Å². The number of thiophene rings is 1. The number of aryl methyl sites for hydroxylation is 1. The van der Waals surface area contributed by atoms with Gasteiger partial charge in [-0.25, -0.2) is 0 Å². The Morgan fingerprint density at radius 1 is 1.19 bits per heavy atom. The zero-order valence-corrected chi connectivity index (χ0v) is 18.9. The molecule has 0 saturated carbocycles. The lowest BCUT2D eigenvalue weighted by Crippen LogP contribution is -2.25. The average molecular weight is 494 g/mol. The Morgan fingerprint density at radius 3 is 2.56 bits per heavy atom. The van der Waals surface area contributed by atoms with Crippen molar-refractivity contribution < 1.29 is 14.3 Å². The minimum atomic E-state index is -0.489. The van der Waals surface area contributed by atoms with Gasteiger partial charge >= 0.3 is 5.97 Å². The highest BCUT2D eigenvalue weighted by atomic mass is 127. The van der Waals surface area contributed by atoms with Crippen LogP contribution in [-0.4, -0.2) is 11.6 Å². The van der Waals surface area contributed by atoms with Crippen LogP contribution in [0.1, 0.15) is 37.5 Å². The number of ether oxygens (including phenoxy) is 2. The van der Waals surface area contributed by atoms with Crippen molar-refractivity contribution in [2.75, 3.05) is 0 Å². The van der Waals surface area contributed by atoms with Crippen LogP contribution in [0, 0.1) is 10.5 Å². The second kappa shape index (κ2) is 8.19. The summed E-state index contributed by atoms with van der Waals surface area (Å²) in [6.07, 6.45) is 0.239. The molecule has 0 spiro atoms. The van der Waals surface area contributed by atoms with Crippen molar-refractivity contribution in [3.63, 3.8) is 0 Å². The summed E-state index contributed by atoms with van der Waals surface area (Å²) in [6.45, 7) is 8.25. The molecule has 0 bridgehead atoms. The van der Waals surface area contributed by atoms with Crippen molar-refractivity contribution in [2.24, 2.45) is 0 Å². The van der Waals surface area contributed by atoms with Gasteiger partial charge in [-0.15, -0.1) is 11.3 Å². The summed E-state index contributed by atoms with van der Waals surface area (Å²) in [6, 6.07) is 12.1. The fourth-order valence-electron chi connectivity index (χ4n) is 2.85. The van der Waals surface area contributed by atoms with E-state index in [0.29, 0.717) is 6.61 Å². The summed E-state index contributed by atoms with van der Waals surface area (Å²) in [7, 11) is 0. The maximum Gasteiger partial charge on any atom is 0.310 e. The van der Waals surface area contributed by atoms with Crippen LogP contribution < -0.4 is 4.74 Å². The average Bonchev–Trinajstić information content (AvgIpc) is 2.98. The number of halogens is 1. The Labute approximate surface area is 177 Å². The molecule has 3 nitrogen and oxygen atoms in total. The van der Waals surface area contributed by atoms with Gasteiger partial charge in [0.05, 0.1) is 11.1 Å². The highest BCUT2D eigenvalue weighted by Gasteiger charge is 2.21. The molecule has 2 aromatic carbocycles. The molecule has 142 valence electrons. The van der Waals surface area contributed by atoms with Gasteiger partial charge in [-0.1, -0.05) is 30.3 Å². The minimum Gasteiger partial charge on any atom is -0.487 e. The molecule has 0 amide bonds. The third kappa shape index (κ3) is 5.02. The summed E-state index contributed by atoms with van der Waals surface area (Å²) in [5, 5.41) is 3.31. The van der Waals surface area contributed by atoms with Crippen LogP contribution in [0.5, 0.6) is 5.75 Å². The molecule has 0 N–H and O–H groups in total. The van der Waals surface area contributed by atoms with Gasteiger partial charge in [0.1, 0.15) is 18.0 Å². The van der Waals surface area contributed by atoms with Gasteiger partial charge in [-0.3, -0.25) is 4.79 Å². The van der Waals surface area contributed by atoms with Crippen LogP contribution in [0.4, 0.5) is 0 Å². The lowest BCUT2D eigenvalue weighted by Gasteiger charge is -2.20. The first kappa shape index (κ1) is 20.1.